The molecule has 1 saturated heterocycles. The quantitative estimate of drug-likeness (QED) is 0.792. The van der Waals surface area contributed by atoms with Crippen molar-refractivity contribution in [1.29, 1.82) is 0 Å². The highest BCUT2D eigenvalue weighted by Crippen LogP contribution is 2.35. The molecule has 1 heterocycles. The number of carbonyl (C=O) groups excluding carboxylic acids is 1. The number of nitrogens with zero attached hydrogens (tertiary/aromatic N) is 1. The second-order valence-corrected chi connectivity index (χ2v) is 6.67. The van der Waals surface area contributed by atoms with E-state index < -0.39 is 5.54 Å². The number of piperidine rings is 1. The molecule has 0 bridgehead atoms. The van der Waals surface area contributed by atoms with Crippen LogP contribution >= 0.6 is 0 Å². The molecule has 0 aromatic carbocycles. The average molecular weight is 296 g/mol. The van der Waals surface area contributed by atoms with Gasteiger partial charge in [-0.05, 0) is 65.5 Å². The Kier molecular flexibility index (Phi) is 6.06. The number of hydrogen-bond acceptors (Lipinski definition) is 4. The van der Waals surface area contributed by atoms with E-state index in [0.29, 0.717) is 18.7 Å². The molecule has 21 heavy (non-hydrogen) atoms. The van der Waals surface area contributed by atoms with Crippen LogP contribution < -0.4 is 5.32 Å². The summed E-state index contributed by atoms with van der Waals surface area (Å²) in [5.41, 5.74) is -0.454. The molecular formula is C17H32N2O2. The Bertz CT molecular complexity index is 344. The standard InChI is InChI=1S/C17H32N2O2/c1-4-18-17(16(20)21-5-2)11-8-10-15(13-17)19-12-7-6-9-14(19)3/h14-15,18H,4-13H2,1-3H3. The van der Waals surface area contributed by atoms with Crippen LogP contribution in [-0.4, -0.2) is 48.2 Å². The third-order valence-corrected chi connectivity index (χ3v) is 5.23. The molecule has 122 valence electrons. The molecule has 0 radical (unpaired) electrons. The van der Waals surface area contributed by atoms with Gasteiger partial charge in [-0.3, -0.25) is 9.69 Å². The van der Waals surface area contributed by atoms with Crippen LogP contribution in [0.1, 0.15) is 65.7 Å². The number of likely N-dealkylation sites (N-methyl/N-ethyl adjacent to an activating group) is 1. The Hall–Kier alpha value is -0.610. The molecule has 0 aromatic rings. The van der Waals surface area contributed by atoms with Gasteiger partial charge in [0.1, 0.15) is 5.54 Å². The molecule has 0 amide bonds. The molecule has 4 nitrogen and oxygen atoms in total. The first kappa shape index (κ1) is 16.8. The fourth-order valence-electron chi connectivity index (χ4n) is 4.22. The van der Waals surface area contributed by atoms with Crippen molar-refractivity contribution in [3.8, 4) is 0 Å². The van der Waals surface area contributed by atoms with E-state index in [4.69, 9.17) is 4.74 Å². The highest BCUT2D eigenvalue weighted by molar-refractivity contribution is 5.81. The van der Waals surface area contributed by atoms with E-state index in [1.54, 1.807) is 0 Å². The van der Waals surface area contributed by atoms with Crippen molar-refractivity contribution in [3.63, 3.8) is 0 Å². The number of hydrogen-bond donors (Lipinski definition) is 1. The summed E-state index contributed by atoms with van der Waals surface area (Å²) in [4.78, 5) is 15.2. The lowest BCUT2D eigenvalue weighted by molar-refractivity contribution is -0.154. The average Bonchev–Trinajstić information content (AvgIpc) is 2.48. The van der Waals surface area contributed by atoms with Crippen molar-refractivity contribution in [2.45, 2.75) is 83.3 Å². The van der Waals surface area contributed by atoms with Crippen LogP contribution in [0, 0.1) is 0 Å². The van der Waals surface area contributed by atoms with Crippen molar-refractivity contribution >= 4 is 5.97 Å². The van der Waals surface area contributed by atoms with Gasteiger partial charge in [-0.15, -0.1) is 0 Å². The van der Waals surface area contributed by atoms with Gasteiger partial charge < -0.3 is 10.1 Å². The predicted molar refractivity (Wildman–Crippen MR) is 85.3 cm³/mol. The lowest BCUT2D eigenvalue weighted by Gasteiger charge is -2.47. The number of esters is 1. The third-order valence-electron chi connectivity index (χ3n) is 5.23. The summed E-state index contributed by atoms with van der Waals surface area (Å²) >= 11 is 0. The van der Waals surface area contributed by atoms with E-state index in [1.165, 1.54) is 32.2 Å². The molecule has 0 aromatic heterocycles. The molecule has 3 unspecified atom stereocenters. The van der Waals surface area contributed by atoms with Crippen molar-refractivity contribution in [2.24, 2.45) is 0 Å². The summed E-state index contributed by atoms with van der Waals surface area (Å²) in [5, 5.41) is 3.47. The largest absolute Gasteiger partial charge is 0.465 e. The maximum atomic E-state index is 12.5. The highest BCUT2D eigenvalue weighted by atomic mass is 16.5. The van der Waals surface area contributed by atoms with Gasteiger partial charge in [0.25, 0.3) is 0 Å². The molecule has 2 fully saturated rings. The van der Waals surface area contributed by atoms with Crippen LogP contribution in [0.5, 0.6) is 0 Å². The van der Waals surface area contributed by atoms with Crippen LogP contribution in [0.15, 0.2) is 0 Å². The van der Waals surface area contributed by atoms with Crippen molar-refractivity contribution in [3.05, 3.63) is 0 Å². The highest BCUT2D eigenvalue weighted by Gasteiger charge is 2.45. The molecular weight excluding hydrogens is 264 g/mol. The zero-order chi connectivity index (χ0) is 15.3. The van der Waals surface area contributed by atoms with E-state index in [2.05, 4.69) is 24.1 Å². The smallest absolute Gasteiger partial charge is 0.326 e. The summed E-state index contributed by atoms with van der Waals surface area (Å²) < 4.78 is 5.38. The first-order chi connectivity index (χ1) is 10.1. The summed E-state index contributed by atoms with van der Waals surface area (Å²) in [6.07, 6.45) is 8.10. The molecule has 4 heteroatoms. The zero-order valence-corrected chi connectivity index (χ0v) is 14.0. The third kappa shape index (κ3) is 3.78. The summed E-state index contributed by atoms with van der Waals surface area (Å²) in [5.74, 6) is -0.0405. The van der Waals surface area contributed by atoms with Gasteiger partial charge >= 0.3 is 5.97 Å². The molecule has 2 rings (SSSR count). The molecule has 0 spiro atoms. The number of nitrogens with one attached hydrogen (secondary N) is 1. The van der Waals surface area contributed by atoms with Crippen LogP contribution in [0.3, 0.4) is 0 Å². The summed E-state index contributed by atoms with van der Waals surface area (Å²) in [6.45, 7) is 8.79. The monoisotopic (exact) mass is 296 g/mol. The number of carbonyl (C=O) groups is 1. The van der Waals surface area contributed by atoms with Gasteiger partial charge in [-0.1, -0.05) is 13.3 Å². The maximum Gasteiger partial charge on any atom is 0.326 e. The van der Waals surface area contributed by atoms with Crippen LogP contribution in [-0.2, 0) is 9.53 Å². The van der Waals surface area contributed by atoms with E-state index >= 15 is 0 Å². The molecule has 2 aliphatic rings. The zero-order valence-electron chi connectivity index (χ0n) is 14.0. The summed E-state index contributed by atoms with van der Waals surface area (Å²) in [6, 6.07) is 1.18. The van der Waals surface area contributed by atoms with Crippen molar-refractivity contribution in [1.82, 2.24) is 10.2 Å². The number of likely N-dealkylation sites (tertiary alicyclic amines) is 1. The van der Waals surface area contributed by atoms with Gasteiger partial charge in [-0.25, -0.2) is 0 Å². The van der Waals surface area contributed by atoms with Crippen LogP contribution in [0.4, 0.5) is 0 Å². The number of ether oxygens (including phenoxy) is 1. The minimum Gasteiger partial charge on any atom is -0.465 e. The molecule has 1 saturated carbocycles. The fraction of sp³-hybridized carbons (Fsp3) is 0.941. The molecule has 3 atom stereocenters. The minimum absolute atomic E-state index is 0.0405. The second-order valence-electron chi connectivity index (χ2n) is 6.67. The van der Waals surface area contributed by atoms with Gasteiger partial charge in [0.15, 0.2) is 0 Å². The summed E-state index contributed by atoms with van der Waals surface area (Å²) in [7, 11) is 0. The van der Waals surface area contributed by atoms with E-state index in [1.807, 2.05) is 6.92 Å². The van der Waals surface area contributed by atoms with E-state index in [9.17, 15) is 4.79 Å². The Morgan fingerprint density at radius 1 is 1.29 bits per heavy atom. The Morgan fingerprint density at radius 2 is 2.10 bits per heavy atom. The Balaban J connectivity index is 2.10. The Labute approximate surface area is 129 Å². The van der Waals surface area contributed by atoms with Gasteiger partial charge in [0.2, 0.25) is 0 Å². The lowest BCUT2D eigenvalue weighted by Crippen LogP contribution is -2.60. The predicted octanol–water partition coefficient (Wildman–Crippen LogP) is 2.71. The maximum absolute atomic E-state index is 12.5. The lowest BCUT2D eigenvalue weighted by atomic mass is 9.77. The van der Waals surface area contributed by atoms with Crippen LogP contribution in [0.25, 0.3) is 0 Å². The molecule has 1 aliphatic carbocycles. The van der Waals surface area contributed by atoms with Crippen molar-refractivity contribution < 1.29 is 9.53 Å². The van der Waals surface area contributed by atoms with Crippen molar-refractivity contribution in [2.75, 3.05) is 19.7 Å². The first-order valence-electron chi connectivity index (χ1n) is 8.81. The Morgan fingerprint density at radius 3 is 2.76 bits per heavy atom. The minimum atomic E-state index is -0.454. The van der Waals surface area contributed by atoms with Gasteiger partial charge in [0.05, 0.1) is 6.61 Å². The van der Waals surface area contributed by atoms with E-state index in [-0.39, 0.29) is 5.97 Å². The second kappa shape index (κ2) is 7.59. The fourth-order valence-corrected chi connectivity index (χ4v) is 4.22. The molecule has 1 aliphatic heterocycles. The molecule has 1 N–H and O–H groups in total. The first-order valence-corrected chi connectivity index (χ1v) is 8.81. The van der Waals surface area contributed by atoms with E-state index in [0.717, 1.165) is 25.8 Å². The van der Waals surface area contributed by atoms with Gasteiger partial charge in [0, 0.05) is 12.1 Å². The normalized spacial score (nSPS) is 34.6. The SMILES string of the molecule is CCNC1(C(=O)OCC)CCCC(N2CCCCC2C)C1. The van der Waals surface area contributed by atoms with Gasteiger partial charge in [-0.2, -0.15) is 0 Å². The van der Waals surface area contributed by atoms with Crippen LogP contribution in [0.2, 0.25) is 0 Å². The number of rotatable bonds is 5. The topological polar surface area (TPSA) is 41.6 Å².